The van der Waals surface area contributed by atoms with Crippen LogP contribution >= 0.6 is 0 Å². The summed E-state index contributed by atoms with van der Waals surface area (Å²) in [5, 5.41) is 0. The number of amides is 1. The lowest BCUT2D eigenvalue weighted by Crippen LogP contribution is -2.29. The van der Waals surface area contributed by atoms with Crippen LogP contribution in [0.15, 0.2) is 48.5 Å². The monoisotopic (exact) mass is 313 g/mol. The molecule has 0 saturated carbocycles. The van der Waals surface area contributed by atoms with Crippen molar-refractivity contribution in [3.8, 4) is 5.75 Å². The van der Waals surface area contributed by atoms with Crippen LogP contribution in [-0.4, -0.2) is 31.0 Å². The Morgan fingerprint density at radius 3 is 2.74 bits per heavy atom. The van der Waals surface area contributed by atoms with Gasteiger partial charge in [0.1, 0.15) is 11.6 Å². The minimum atomic E-state index is -0.298. The van der Waals surface area contributed by atoms with E-state index < -0.39 is 0 Å². The summed E-state index contributed by atoms with van der Waals surface area (Å²) in [6.45, 7) is 1.48. The Morgan fingerprint density at radius 1 is 1.26 bits per heavy atom. The number of hydrogen-bond donors (Lipinski definition) is 0. The maximum absolute atomic E-state index is 13.2. The quantitative estimate of drug-likeness (QED) is 0.866. The molecule has 4 heteroatoms. The van der Waals surface area contributed by atoms with Crippen molar-refractivity contribution in [1.82, 2.24) is 4.90 Å². The fourth-order valence-electron chi connectivity index (χ4n) is 3.07. The zero-order valence-corrected chi connectivity index (χ0v) is 13.2. The summed E-state index contributed by atoms with van der Waals surface area (Å²) in [4.78, 5) is 14.3. The predicted molar refractivity (Wildman–Crippen MR) is 87.0 cm³/mol. The Bertz CT molecular complexity index is 684. The maximum Gasteiger partial charge on any atom is 0.227 e. The normalized spacial score (nSPS) is 17.3. The number of carbonyl (C=O) groups is 1. The molecule has 0 spiro atoms. The van der Waals surface area contributed by atoms with Gasteiger partial charge < -0.3 is 9.64 Å². The summed E-state index contributed by atoms with van der Waals surface area (Å²) >= 11 is 0. The van der Waals surface area contributed by atoms with Gasteiger partial charge in [0.15, 0.2) is 0 Å². The molecule has 2 aromatic rings. The van der Waals surface area contributed by atoms with Crippen molar-refractivity contribution in [1.29, 1.82) is 0 Å². The Morgan fingerprint density at radius 2 is 2.04 bits per heavy atom. The van der Waals surface area contributed by atoms with E-state index in [9.17, 15) is 9.18 Å². The van der Waals surface area contributed by atoms with Gasteiger partial charge in [0.05, 0.1) is 13.5 Å². The van der Waals surface area contributed by atoms with Crippen LogP contribution in [0.1, 0.15) is 23.5 Å². The number of methoxy groups -OCH3 is 1. The number of likely N-dealkylation sites (tertiary alicyclic amines) is 1. The van der Waals surface area contributed by atoms with Crippen molar-refractivity contribution >= 4 is 5.91 Å². The molecule has 0 bridgehead atoms. The van der Waals surface area contributed by atoms with Crippen LogP contribution in [0, 0.1) is 5.82 Å². The molecule has 1 atom stereocenters. The molecular weight excluding hydrogens is 293 g/mol. The van der Waals surface area contributed by atoms with Crippen LogP contribution in [0.3, 0.4) is 0 Å². The van der Waals surface area contributed by atoms with E-state index in [0.29, 0.717) is 5.92 Å². The zero-order valence-electron chi connectivity index (χ0n) is 13.2. The first-order valence-electron chi connectivity index (χ1n) is 7.82. The molecule has 1 aliphatic rings. The molecule has 0 aromatic heterocycles. The summed E-state index contributed by atoms with van der Waals surface area (Å²) in [6, 6.07) is 14.3. The van der Waals surface area contributed by atoms with Crippen LogP contribution in [0.2, 0.25) is 0 Å². The Hall–Kier alpha value is -2.36. The van der Waals surface area contributed by atoms with Gasteiger partial charge in [-0.25, -0.2) is 4.39 Å². The SMILES string of the molecule is COc1ccc(C2CCN(C(=O)Cc3cccc(F)c3)C2)cc1. The van der Waals surface area contributed by atoms with Crippen molar-refractivity contribution in [2.45, 2.75) is 18.8 Å². The van der Waals surface area contributed by atoms with Crippen LogP contribution in [0.5, 0.6) is 5.75 Å². The molecular formula is C19H20FNO2. The lowest BCUT2D eigenvalue weighted by Gasteiger charge is -2.17. The third-order valence-corrected chi connectivity index (χ3v) is 4.37. The first-order chi connectivity index (χ1) is 11.2. The van der Waals surface area contributed by atoms with E-state index in [-0.39, 0.29) is 18.1 Å². The molecule has 1 fully saturated rings. The van der Waals surface area contributed by atoms with Gasteiger partial charge in [-0.3, -0.25) is 4.79 Å². The average molecular weight is 313 g/mol. The van der Waals surface area contributed by atoms with Gasteiger partial charge in [0, 0.05) is 19.0 Å². The number of halogens is 1. The van der Waals surface area contributed by atoms with E-state index in [2.05, 4.69) is 12.1 Å². The molecule has 1 amide bonds. The number of hydrogen-bond acceptors (Lipinski definition) is 2. The van der Waals surface area contributed by atoms with E-state index in [1.165, 1.54) is 17.7 Å². The van der Waals surface area contributed by atoms with Crippen LogP contribution in [-0.2, 0) is 11.2 Å². The van der Waals surface area contributed by atoms with Crippen molar-refractivity contribution in [2.24, 2.45) is 0 Å². The fourth-order valence-corrected chi connectivity index (χ4v) is 3.07. The van der Waals surface area contributed by atoms with Gasteiger partial charge in [0.2, 0.25) is 5.91 Å². The molecule has 120 valence electrons. The fraction of sp³-hybridized carbons (Fsp3) is 0.316. The predicted octanol–water partition coefficient (Wildman–Crippen LogP) is 3.39. The highest BCUT2D eigenvalue weighted by Crippen LogP contribution is 2.28. The van der Waals surface area contributed by atoms with Gasteiger partial charge in [-0.2, -0.15) is 0 Å². The Balaban J connectivity index is 1.61. The lowest BCUT2D eigenvalue weighted by atomic mass is 9.98. The van der Waals surface area contributed by atoms with Crippen molar-refractivity contribution in [3.05, 3.63) is 65.5 Å². The molecule has 1 unspecified atom stereocenters. The van der Waals surface area contributed by atoms with Crippen LogP contribution in [0.25, 0.3) is 0 Å². The number of nitrogens with zero attached hydrogens (tertiary/aromatic N) is 1. The van der Waals surface area contributed by atoms with E-state index in [4.69, 9.17) is 4.74 Å². The van der Waals surface area contributed by atoms with Gasteiger partial charge in [-0.1, -0.05) is 24.3 Å². The number of carbonyl (C=O) groups excluding carboxylic acids is 1. The molecule has 23 heavy (non-hydrogen) atoms. The van der Waals surface area contributed by atoms with Crippen molar-refractivity contribution in [3.63, 3.8) is 0 Å². The molecule has 1 saturated heterocycles. The number of benzene rings is 2. The summed E-state index contributed by atoms with van der Waals surface area (Å²) in [6.07, 6.45) is 1.22. The standard InChI is InChI=1S/C19H20FNO2/c1-23-18-7-5-15(6-8-18)16-9-10-21(13-16)19(22)12-14-3-2-4-17(20)11-14/h2-8,11,16H,9-10,12-13H2,1H3. The van der Waals surface area contributed by atoms with E-state index >= 15 is 0 Å². The molecule has 1 heterocycles. The molecule has 2 aromatic carbocycles. The minimum Gasteiger partial charge on any atom is -0.497 e. The topological polar surface area (TPSA) is 29.5 Å². The molecule has 3 nitrogen and oxygen atoms in total. The summed E-state index contributed by atoms with van der Waals surface area (Å²) < 4.78 is 18.4. The zero-order chi connectivity index (χ0) is 16.2. The maximum atomic E-state index is 13.2. The second-order valence-corrected chi connectivity index (χ2v) is 5.91. The number of rotatable bonds is 4. The average Bonchev–Trinajstić information content (AvgIpc) is 3.05. The third kappa shape index (κ3) is 3.70. The van der Waals surface area contributed by atoms with Gasteiger partial charge in [-0.05, 0) is 41.8 Å². The van der Waals surface area contributed by atoms with E-state index in [1.54, 1.807) is 19.2 Å². The largest absolute Gasteiger partial charge is 0.497 e. The summed E-state index contributed by atoms with van der Waals surface area (Å²) in [7, 11) is 1.65. The van der Waals surface area contributed by atoms with Gasteiger partial charge in [-0.15, -0.1) is 0 Å². The molecule has 0 N–H and O–H groups in total. The highest BCUT2D eigenvalue weighted by atomic mass is 19.1. The lowest BCUT2D eigenvalue weighted by molar-refractivity contribution is -0.129. The second kappa shape index (κ2) is 6.82. The Labute approximate surface area is 135 Å². The first kappa shape index (κ1) is 15.5. The first-order valence-corrected chi connectivity index (χ1v) is 7.82. The molecule has 3 rings (SSSR count). The second-order valence-electron chi connectivity index (χ2n) is 5.91. The molecule has 0 radical (unpaired) electrons. The van der Waals surface area contributed by atoms with Gasteiger partial charge >= 0.3 is 0 Å². The summed E-state index contributed by atoms with van der Waals surface area (Å²) in [5.41, 5.74) is 1.95. The highest BCUT2D eigenvalue weighted by Gasteiger charge is 2.27. The van der Waals surface area contributed by atoms with Crippen LogP contribution in [0.4, 0.5) is 4.39 Å². The van der Waals surface area contributed by atoms with Crippen LogP contribution < -0.4 is 4.74 Å². The Kier molecular flexibility index (Phi) is 4.60. The third-order valence-electron chi connectivity index (χ3n) is 4.37. The summed E-state index contributed by atoms with van der Waals surface area (Å²) in [5.74, 6) is 0.961. The molecule has 0 aliphatic carbocycles. The molecule has 1 aliphatic heterocycles. The number of ether oxygens (including phenoxy) is 1. The minimum absolute atomic E-state index is 0.0617. The smallest absolute Gasteiger partial charge is 0.227 e. The van der Waals surface area contributed by atoms with Crippen molar-refractivity contribution in [2.75, 3.05) is 20.2 Å². The highest BCUT2D eigenvalue weighted by molar-refractivity contribution is 5.79. The van der Waals surface area contributed by atoms with E-state index in [1.807, 2.05) is 17.0 Å². The van der Waals surface area contributed by atoms with Gasteiger partial charge in [0.25, 0.3) is 0 Å². The van der Waals surface area contributed by atoms with Crippen molar-refractivity contribution < 1.29 is 13.9 Å². The van der Waals surface area contributed by atoms with E-state index in [0.717, 1.165) is 30.8 Å².